The van der Waals surface area contributed by atoms with E-state index in [4.69, 9.17) is 5.11 Å². The number of nitrogens with zero attached hydrogens (tertiary/aromatic N) is 1. The molecule has 0 aromatic rings. The van der Waals surface area contributed by atoms with Gasteiger partial charge in [0.2, 0.25) is 11.8 Å². The van der Waals surface area contributed by atoms with E-state index in [1.54, 1.807) is 0 Å². The minimum atomic E-state index is -0.888. The highest BCUT2D eigenvalue weighted by Crippen LogP contribution is 2.29. The fourth-order valence-electron chi connectivity index (χ4n) is 2.15. The minimum Gasteiger partial charge on any atom is -0.481 e. The van der Waals surface area contributed by atoms with Crippen LogP contribution in [0.5, 0.6) is 0 Å². The van der Waals surface area contributed by atoms with Crippen molar-refractivity contribution in [1.82, 2.24) is 4.90 Å². The van der Waals surface area contributed by atoms with Gasteiger partial charge in [0.15, 0.2) is 0 Å². The van der Waals surface area contributed by atoms with E-state index in [0.717, 1.165) is 0 Å². The van der Waals surface area contributed by atoms with E-state index in [-0.39, 0.29) is 30.7 Å². The highest BCUT2D eigenvalue weighted by atomic mass is 32.2. The van der Waals surface area contributed by atoms with Crippen LogP contribution in [0.2, 0.25) is 0 Å². The summed E-state index contributed by atoms with van der Waals surface area (Å²) in [5.74, 6) is -0.887. The van der Waals surface area contributed by atoms with E-state index in [9.17, 15) is 14.4 Å². The zero-order valence-electron chi connectivity index (χ0n) is 10.3. The Balaban J connectivity index is 1.94. The van der Waals surface area contributed by atoms with Gasteiger partial charge in [-0.25, -0.2) is 0 Å². The number of carbonyl (C=O) groups excluding carboxylic acids is 2. The first-order valence-corrected chi connectivity index (χ1v) is 7.17. The standard InChI is InChI=1S/C13H15NO4S/c15-11-8-10(19-7-6-12(16)17)13(18)14(11)9-4-2-1-3-5-9/h1-4,9-10H,5-8H2,(H,16,17). The van der Waals surface area contributed by atoms with Crippen LogP contribution in [-0.4, -0.2) is 44.8 Å². The zero-order valence-corrected chi connectivity index (χ0v) is 11.1. The molecule has 19 heavy (non-hydrogen) atoms. The summed E-state index contributed by atoms with van der Waals surface area (Å²) >= 11 is 1.26. The first kappa shape index (κ1) is 13.9. The second kappa shape index (κ2) is 6.06. The summed E-state index contributed by atoms with van der Waals surface area (Å²) in [5.41, 5.74) is 0. The lowest BCUT2D eigenvalue weighted by molar-refractivity contribution is -0.140. The summed E-state index contributed by atoms with van der Waals surface area (Å²) in [4.78, 5) is 35.8. The quantitative estimate of drug-likeness (QED) is 0.767. The summed E-state index contributed by atoms with van der Waals surface area (Å²) in [6, 6.07) is -0.185. The third-order valence-corrected chi connectivity index (χ3v) is 4.28. The maximum atomic E-state index is 12.2. The van der Waals surface area contributed by atoms with Crippen molar-refractivity contribution >= 4 is 29.5 Å². The Hall–Kier alpha value is -1.56. The Morgan fingerprint density at radius 2 is 2.21 bits per heavy atom. The molecule has 0 radical (unpaired) electrons. The van der Waals surface area contributed by atoms with Crippen LogP contribution >= 0.6 is 11.8 Å². The molecule has 2 atom stereocenters. The van der Waals surface area contributed by atoms with Gasteiger partial charge in [0, 0.05) is 12.2 Å². The van der Waals surface area contributed by atoms with Crippen LogP contribution in [0.25, 0.3) is 0 Å². The molecule has 5 nitrogen and oxygen atoms in total. The van der Waals surface area contributed by atoms with Crippen molar-refractivity contribution in [1.29, 1.82) is 0 Å². The number of carboxylic acids is 1. The summed E-state index contributed by atoms with van der Waals surface area (Å²) in [7, 11) is 0. The average Bonchev–Trinajstić information content (AvgIpc) is 2.65. The molecule has 0 bridgehead atoms. The topological polar surface area (TPSA) is 74.7 Å². The van der Waals surface area contributed by atoms with Gasteiger partial charge in [0.25, 0.3) is 0 Å². The average molecular weight is 281 g/mol. The Morgan fingerprint density at radius 3 is 2.84 bits per heavy atom. The lowest BCUT2D eigenvalue weighted by atomic mass is 10.1. The summed E-state index contributed by atoms with van der Waals surface area (Å²) in [5, 5.41) is 8.14. The van der Waals surface area contributed by atoms with Gasteiger partial charge in [0.05, 0.1) is 17.7 Å². The fraction of sp³-hybridized carbons (Fsp3) is 0.462. The molecule has 0 aromatic heterocycles. The lowest BCUT2D eigenvalue weighted by Gasteiger charge is -2.24. The van der Waals surface area contributed by atoms with E-state index in [1.165, 1.54) is 16.7 Å². The van der Waals surface area contributed by atoms with Gasteiger partial charge in [-0.05, 0) is 6.42 Å². The van der Waals surface area contributed by atoms with E-state index in [0.29, 0.717) is 12.2 Å². The highest BCUT2D eigenvalue weighted by Gasteiger charge is 2.41. The number of hydrogen-bond donors (Lipinski definition) is 1. The fourth-order valence-corrected chi connectivity index (χ4v) is 3.24. The van der Waals surface area contributed by atoms with Crippen LogP contribution in [-0.2, 0) is 14.4 Å². The van der Waals surface area contributed by atoms with E-state index in [1.807, 2.05) is 24.3 Å². The Morgan fingerprint density at radius 1 is 1.42 bits per heavy atom. The number of imide groups is 1. The molecule has 0 saturated carbocycles. The molecule has 2 aliphatic rings. The van der Waals surface area contributed by atoms with Crippen molar-refractivity contribution in [3.8, 4) is 0 Å². The number of hydrogen-bond acceptors (Lipinski definition) is 4. The molecule has 1 heterocycles. The summed E-state index contributed by atoms with van der Waals surface area (Å²) in [6.45, 7) is 0. The number of amides is 2. The van der Waals surface area contributed by atoms with Crippen molar-refractivity contribution in [3.05, 3.63) is 24.3 Å². The van der Waals surface area contributed by atoms with Gasteiger partial charge in [0.1, 0.15) is 0 Å². The van der Waals surface area contributed by atoms with Crippen molar-refractivity contribution in [2.24, 2.45) is 0 Å². The molecule has 102 valence electrons. The molecule has 2 amide bonds. The van der Waals surface area contributed by atoms with E-state index < -0.39 is 11.2 Å². The first-order valence-electron chi connectivity index (χ1n) is 6.12. The number of carbonyl (C=O) groups is 3. The minimum absolute atomic E-state index is 0.00864. The van der Waals surface area contributed by atoms with Crippen molar-refractivity contribution < 1.29 is 19.5 Å². The van der Waals surface area contributed by atoms with Crippen LogP contribution in [0, 0.1) is 0 Å². The lowest BCUT2D eigenvalue weighted by Crippen LogP contribution is -2.39. The van der Waals surface area contributed by atoms with Crippen LogP contribution < -0.4 is 0 Å². The molecular formula is C13H15NO4S. The van der Waals surface area contributed by atoms with Crippen molar-refractivity contribution in [2.75, 3.05) is 5.75 Å². The Kier molecular flexibility index (Phi) is 4.42. The zero-order chi connectivity index (χ0) is 13.8. The van der Waals surface area contributed by atoms with Crippen LogP contribution in [0.4, 0.5) is 0 Å². The summed E-state index contributed by atoms with van der Waals surface area (Å²) < 4.78 is 0. The van der Waals surface area contributed by atoms with Crippen LogP contribution in [0.3, 0.4) is 0 Å². The van der Waals surface area contributed by atoms with E-state index >= 15 is 0 Å². The number of aliphatic carboxylic acids is 1. The second-order valence-electron chi connectivity index (χ2n) is 4.43. The van der Waals surface area contributed by atoms with Gasteiger partial charge in [-0.3, -0.25) is 19.3 Å². The molecule has 1 saturated heterocycles. The molecule has 1 N–H and O–H groups in total. The smallest absolute Gasteiger partial charge is 0.304 e. The monoisotopic (exact) mass is 281 g/mol. The Labute approximate surface area is 115 Å². The normalized spacial score (nSPS) is 26.2. The molecular weight excluding hydrogens is 266 g/mol. The SMILES string of the molecule is O=C(O)CCSC1CC(=O)N(C2C=CC=CC2)C1=O. The number of likely N-dealkylation sites (tertiary alicyclic amines) is 1. The first-order chi connectivity index (χ1) is 9.09. The molecule has 1 aliphatic carbocycles. The number of thioether (sulfide) groups is 1. The molecule has 1 aliphatic heterocycles. The third kappa shape index (κ3) is 3.26. The summed E-state index contributed by atoms with van der Waals surface area (Å²) in [6.07, 6.45) is 8.34. The van der Waals surface area contributed by atoms with Crippen LogP contribution in [0.15, 0.2) is 24.3 Å². The molecule has 1 fully saturated rings. The van der Waals surface area contributed by atoms with Gasteiger partial charge < -0.3 is 5.11 Å². The number of allylic oxidation sites excluding steroid dienone is 2. The highest BCUT2D eigenvalue weighted by molar-refractivity contribution is 8.00. The van der Waals surface area contributed by atoms with Crippen molar-refractivity contribution in [3.63, 3.8) is 0 Å². The molecule has 6 heteroatoms. The number of rotatable bonds is 5. The second-order valence-corrected chi connectivity index (χ2v) is 5.74. The molecule has 0 spiro atoms. The predicted molar refractivity (Wildman–Crippen MR) is 71.7 cm³/mol. The van der Waals surface area contributed by atoms with Crippen molar-refractivity contribution in [2.45, 2.75) is 30.6 Å². The molecule has 2 unspecified atom stereocenters. The van der Waals surface area contributed by atoms with Gasteiger partial charge in [-0.1, -0.05) is 24.3 Å². The number of carboxylic acid groups (broad SMARTS) is 1. The largest absolute Gasteiger partial charge is 0.481 e. The maximum absolute atomic E-state index is 12.2. The van der Waals surface area contributed by atoms with Crippen LogP contribution in [0.1, 0.15) is 19.3 Å². The maximum Gasteiger partial charge on any atom is 0.304 e. The molecule has 0 aromatic carbocycles. The molecule has 2 rings (SSSR count). The van der Waals surface area contributed by atoms with Gasteiger partial charge in [-0.2, -0.15) is 0 Å². The third-order valence-electron chi connectivity index (χ3n) is 3.07. The van der Waals surface area contributed by atoms with E-state index in [2.05, 4.69) is 0 Å². The Bertz CT molecular complexity index is 458. The van der Waals surface area contributed by atoms with Gasteiger partial charge in [-0.15, -0.1) is 11.8 Å². The van der Waals surface area contributed by atoms with Gasteiger partial charge >= 0.3 is 5.97 Å². The predicted octanol–water partition coefficient (Wildman–Crippen LogP) is 1.21.